The molecule has 1 saturated heterocycles. The van der Waals surface area contributed by atoms with Crippen LogP contribution in [0.4, 0.5) is 5.69 Å². The maximum absolute atomic E-state index is 10.7. The summed E-state index contributed by atoms with van der Waals surface area (Å²) in [7, 11) is 2.09. The summed E-state index contributed by atoms with van der Waals surface area (Å²) in [5.41, 5.74) is 0.983. The van der Waals surface area contributed by atoms with Gasteiger partial charge in [-0.1, -0.05) is 11.6 Å². The van der Waals surface area contributed by atoms with E-state index < -0.39 is 4.92 Å². The molecule has 5 nitrogen and oxygen atoms in total. The molecule has 0 amide bonds. The number of nitro benzene ring substituents is 1. The SMILES string of the molecule is CN(Cc1ccc([N+](=O)[O-])cc1Cl)C1CCCNCC1.Cl. The molecule has 1 heterocycles. The topological polar surface area (TPSA) is 58.4 Å². The summed E-state index contributed by atoms with van der Waals surface area (Å²) in [6.45, 7) is 2.85. The van der Waals surface area contributed by atoms with Crippen molar-refractivity contribution < 1.29 is 4.92 Å². The van der Waals surface area contributed by atoms with Gasteiger partial charge >= 0.3 is 0 Å². The van der Waals surface area contributed by atoms with Crippen LogP contribution in [0.3, 0.4) is 0 Å². The quantitative estimate of drug-likeness (QED) is 0.678. The number of benzene rings is 1. The van der Waals surface area contributed by atoms with Gasteiger partial charge < -0.3 is 5.32 Å². The summed E-state index contributed by atoms with van der Waals surface area (Å²) in [5, 5.41) is 14.6. The van der Waals surface area contributed by atoms with Crippen molar-refractivity contribution in [2.45, 2.75) is 31.8 Å². The minimum Gasteiger partial charge on any atom is -0.317 e. The van der Waals surface area contributed by atoms with E-state index in [1.807, 2.05) is 0 Å². The van der Waals surface area contributed by atoms with Gasteiger partial charge in [0.2, 0.25) is 0 Å². The van der Waals surface area contributed by atoms with Crippen molar-refractivity contribution in [3.05, 3.63) is 38.9 Å². The second kappa shape index (κ2) is 8.54. The number of nitro groups is 1. The molecule has 1 aliphatic rings. The van der Waals surface area contributed by atoms with Crippen LogP contribution in [0.15, 0.2) is 18.2 Å². The van der Waals surface area contributed by atoms with Crippen LogP contribution in [0.2, 0.25) is 5.02 Å². The van der Waals surface area contributed by atoms with E-state index in [2.05, 4.69) is 17.3 Å². The molecular weight excluding hydrogens is 313 g/mol. The Balaban J connectivity index is 0.00000220. The normalized spacial score (nSPS) is 18.9. The molecule has 1 fully saturated rings. The third-order valence-corrected chi connectivity index (χ3v) is 4.19. The van der Waals surface area contributed by atoms with Gasteiger partial charge in [0.15, 0.2) is 0 Å². The predicted molar refractivity (Wildman–Crippen MR) is 87.3 cm³/mol. The highest BCUT2D eigenvalue weighted by Gasteiger charge is 2.18. The summed E-state index contributed by atoms with van der Waals surface area (Å²) in [4.78, 5) is 12.6. The first kappa shape index (κ1) is 18.2. The van der Waals surface area contributed by atoms with Crippen molar-refractivity contribution in [1.82, 2.24) is 10.2 Å². The van der Waals surface area contributed by atoms with E-state index in [1.54, 1.807) is 6.07 Å². The Morgan fingerprint density at radius 1 is 1.43 bits per heavy atom. The van der Waals surface area contributed by atoms with Crippen molar-refractivity contribution in [2.24, 2.45) is 0 Å². The Labute approximate surface area is 136 Å². The zero-order chi connectivity index (χ0) is 14.5. The molecule has 0 bridgehead atoms. The zero-order valence-electron chi connectivity index (χ0n) is 12.0. The van der Waals surface area contributed by atoms with Crippen LogP contribution < -0.4 is 5.32 Å². The minimum atomic E-state index is -0.420. The largest absolute Gasteiger partial charge is 0.317 e. The fraction of sp³-hybridized carbons (Fsp3) is 0.571. The van der Waals surface area contributed by atoms with Crippen molar-refractivity contribution in [1.29, 1.82) is 0 Å². The number of hydrogen-bond donors (Lipinski definition) is 1. The molecule has 1 aliphatic heterocycles. The number of nitrogens with one attached hydrogen (secondary N) is 1. The van der Waals surface area contributed by atoms with E-state index in [9.17, 15) is 10.1 Å². The Hall–Kier alpha value is -0.880. The lowest BCUT2D eigenvalue weighted by molar-refractivity contribution is -0.384. The van der Waals surface area contributed by atoms with Crippen molar-refractivity contribution in [2.75, 3.05) is 20.1 Å². The summed E-state index contributed by atoms with van der Waals surface area (Å²) in [6.07, 6.45) is 3.48. The highest BCUT2D eigenvalue weighted by molar-refractivity contribution is 6.31. The summed E-state index contributed by atoms with van der Waals surface area (Å²) < 4.78 is 0. The Bertz CT molecular complexity index is 477. The van der Waals surface area contributed by atoms with E-state index in [0.717, 1.165) is 31.6 Å². The minimum absolute atomic E-state index is 0. The van der Waals surface area contributed by atoms with E-state index in [4.69, 9.17) is 11.6 Å². The lowest BCUT2D eigenvalue weighted by atomic mass is 10.1. The van der Waals surface area contributed by atoms with E-state index in [1.165, 1.54) is 25.0 Å². The number of hydrogen-bond acceptors (Lipinski definition) is 4. The summed E-state index contributed by atoms with van der Waals surface area (Å²) >= 11 is 6.15. The molecule has 21 heavy (non-hydrogen) atoms. The first-order valence-electron chi connectivity index (χ1n) is 6.91. The molecule has 1 aromatic rings. The third-order valence-electron chi connectivity index (χ3n) is 3.84. The Morgan fingerprint density at radius 2 is 2.19 bits per heavy atom. The molecule has 1 aromatic carbocycles. The van der Waals surface area contributed by atoms with Crippen LogP contribution >= 0.6 is 24.0 Å². The summed E-state index contributed by atoms with van der Waals surface area (Å²) in [5.74, 6) is 0. The van der Waals surface area contributed by atoms with Crippen LogP contribution in [0.5, 0.6) is 0 Å². The Kier molecular flexibility index (Phi) is 7.39. The molecule has 0 aromatic heterocycles. The third kappa shape index (κ3) is 5.11. The van der Waals surface area contributed by atoms with E-state index in [0.29, 0.717) is 11.1 Å². The van der Waals surface area contributed by atoms with Crippen LogP contribution in [-0.4, -0.2) is 36.0 Å². The van der Waals surface area contributed by atoms with Crippen LogP contribution in [-0.2, 0) is 6.54 Å². The maximum Gasteiger partial charge on any atom is 0.270 e. The highest BCUT2D eigenvalue weighted by Crippen LogP contribution is 2.24. The molecule has 0 aliphatic carbocycles. The van der Waals surface area contributed by atoms with Crippen molar-refractivity contribution in [3.8, 4) is 0 Å². The molecular formula is C14H21Cl2N3O2. The lowest BCUT2D eigenvalue weighted by Crippen LogP contribution is -2.32. The average molecular weight is 334 g/mol. The standard InChI is InChI=1S/C14H20ClN3O2.ClH/c1-17(12-3-2-7-16-8-6-12)10-11-4-5-13(18(19)20)9-14(11)15;/h4-5,9,12,16H,2-3,6-8,10H2,1H3;1H. The van der Waals surface area contributed by atoms with E-state index in [-0.39, 0.29) is 18.1 Å². The van der Waals surface area contributed by atoms with Gasteiger partial charge in [-0.3, -0.25) is 15.0 Å². The van der Waals surface area contributed by atoms with Gasteiger partial charge in [0.1, 0.15) is 0 Å². The first-order valence-corrected chi connectivity index (χ1v) is 7.29. The molecule has 7 heteroatoms. The molecule has 118 valence electrons. The van der Waals surface area contributed by atoms with Gasteiger partial charge in [-0.2, -0.15) is 0 Å². The average Bonchev–Trinajstić information content (AvgIpc) is 2.69. The van der Waals surface area contributed by atoms with Gasteiger partial charge in [0, 0.05) is 24.7 Å². The predicted octanol–water partition coefficient (Wildman–Crippen LogP) is 3.24. The van der Waals surface area contributed by atoms with Gasteiger partial charge in [-0.15, -0.1) is 12.4 Å². The number of nitrogens with zero attached hydrogens (tertiary/aromatic N) is 2. The molecule has 1 unspecified atom stereocenters. The summed E-state index contributed by atoms with van der Waals surface area (Å²) in [6, 6.07) is 5.24. The fourth-order valence-electron chi connectivity index (χ4n) is 2.62. The monoisotopic (exact) mass is 333 g/mol. The van der Waals surface area contributed by atoms with Gasteiger partial charge in [-0.25, -0.2) is 0 Å². The number of halogens is 2. The van der Waals surface area contributed by atoms with Gasteiger partial charge in [0.05, 0.1) is 9.95 Å². The maximum atomic E-state index is 10.7. The van der Waals surface area contributed by atoms with Crippen molar-refractivity contribution >= 4 is 29.7 Å². The number of non-ortho nitro benzene ring substituents is 1. The Morgan fingerprint density at radius 3 is 2.86 bits per heavy atom. The van der Waals surface area contributed by atoms with Crippen LogP contribution in [0.1, 0.15) is 24.8 Å². The molecule has 1 atom stereocenters. The van der Waals surface area contributed by atoms with Crippen molar-refractivity contribution in [3.63, 3.8) is 0 Å². The van der Waals surface area contributed by atoms with Crippen LogP contribution in [0.25, 0.3) is 0 Å². The smallest absolute Gasteiger partial charge is 0.270 e. The highest BCUT2D eigenvalue weighted by atomic mass is 35.5. The molecule has 2 rings (SSSR count). The zero-order valence-corrected chi connectivity index (χ0v) is 13.6. The second-order valence-electron chi connectivity index (χ2n) is 5.28. The lowest BCUT2D eigenvalue weighted by Gasteiger charge is -2.27. The number of rotatable bonds is 4. The first-order chi connectivity index (χ1) is 9.58. The molecule has 1 N–H and O–H groups in total. The van der Waals surface area contributed by atoms with Gasteiger partial charge in [-0.05, 0) is 51.0 Å². The second-order valence-corrected chi connectivity index (χ2v) is 5.69. The van der Waals surface area contributed by atoms with Gasteiger partial charge in [0.25, 0.3) is 5.69 Å². The van der Waals surface area contributed by atoms with Crippen LogP contribution in [0, 0.1) is 10.1 Å². The van der Waals surface area contributed by atoms with E-state index >= 15 is 0 Å². The molecule has 0 radical (unpaired) electrons. The molecule has 0 spiro atoms. The molecule has 0 saturated carbocycles. The fourth-order valence-corrected chi connectivity index (χ4v) is 2.85.